The number of carbonyl (C=O) groups is 1. The topological polar surface area (TPSA) is 42.4 Å². The average molecular weight is 436 g/mol. The van der Waals surface area contributed by atoms with E-state index in [4.69, 9.17) is 16.3 Å². The summed E-state index contributed by atoms with van der Waals surface area (Å²) < 4.78 is 44.1. The van der Waals surface area contributed by atoms with Crippen molar-refractivity contribution in [2.24, 2.45) is 0 Å². The zero-order valence-electron chi connectivity index (χ0n) is 12.6. The largest absolute Gasteiger partial charge is 0.471 e. The molecule has 1 aromatic carbocycles. The monoisotopic (exact) mass is 434 g/mol. The van der Waals surface area contributed by atoms with Crippen LogP contribution in [0, 0.1) is 0 Å². The third kappa shape index (κ3) is 4.07. The van der Waals surface area contributed by atoms with E-state index in [9.17, 15) is 18.0 Å². The Hall–Kier alpha value is -1.80. The Bertz CT molecular complexity index is 810. The van der Waals surface area contributed by atoms with Crippen LogP contribution < -0.4 is 4.74 Å². The summed E-state index contributed by atoms with van der Waals surface area (Å²) in [5.74, 6) is -0.379. The maximum atomic E-state index is 12.6. The van der Waals surface area contributed by atoms with Gasteiger partial charge in [0.25, 0.3) is 5.91 Å². The van der Waals surface area contributed by atoms with E-state index < -0.39 is 18.0 Å². The van der Waals surface area contributed by atoms with Gasteiger partial charge in [-0.2, -0.15) is 13.2 Å². The number of halogens is 5. The number of likely N-dealkylation sites (tertiary alicyclic amines) is 1. The highest BCUT2D eigenvalue weighted by molar-refractivity contribution is 9.10. The number of ether oxygens (including phenoxy) is 1. The first kappa shape index (κ1) is 18.0. The standard InChI is InChI=1S/C16H11BrClF3N2O2/c17-9-4-5-12(18)11(6-9)15(24)23-7-10(8-23)25-14-3-1-2-13(22-14)16(19,20)21/h1-6,10H,7-8H2. The first-order valence-electron chi connectivity index (χ1n) is 7.19. The summed E-state index contributed by atoms with van der Waals surface area (Å²) in [6.07, 6.45) is -4.94. The van der Waals surface area contributed by atoms with Crippen LogP contribution in [0.1, 0.15) is 16.1 Å². The second kappa shape index (κ2) is 6.84. The van der Waals surface area contributed by atoms with Gasteiger partial charge in [-0.05, 0) is 24.3 Å². The van der Waals surface area contributed by atoms with Crippen LogP contribution in [0.2, 0.25) is 5.02 Å². The Morgan fingerprint density at radius 3 is 2.68 bits per heavy atom. The summed E-state index contributed by atoms with van der Waals surface area (Å²) in [7, 11) is 0. The van der Waals surface area contributed by atoms with Crippen LogP contribution in [0.5, 0.6) is 5.88 Å². The van der Waals surface area contributed by atoms with E-state index in [0.717, 1.165) is 10.5 Å². The summed E-state index contributed by atoms with van der Waals surface area (Å²) in [6, 6.07) is 8.41. The van der Waals surface area contributed by atoms with E-state index in [0.29, 0.717) is 10.6 Å². The van der Waals surface area contributed by atoms with Gasteiger partial charge in [0.15, 0.2) is 0 Å². The lowest BCUT2D eigenvalue weighted by atomic mass is 10.1. The molecule has 0 bridgehead atoms. The molecule has 1 fully saturated rings. The third-order valence-corrected chi connectivity index (χ3v) is 4.42. The Kier molecular flexibility index (Phi) is 4.92. The third-order valence-electron chi connectivity index (χ3n) is 3.60. The molecule has 9 heteroatoms. The molecule has 1 aliphatic heterocycles. The SMILES string of the molecule is O=C(c1cc(Br)ccc1Cl)N1CC(Oc2cccc(C(F)(F)F)n2)C1. The lowest BCUT2D eigenvalue weighted by molar-refractivity contribution is -0.141. The zero-order valence-corrected chi connectivity index (χ0v) is 14.9. The van der Waals surface area contributed by atoms with Crippen molar-refractivity contribution < 1.29 is 22.7 Å². The van der Waals surface area contributed by atoms with Gasteiger partial charge in [-0.3, -0.25) is 4.79 Å². The summed E-state index contributed by atoms with van der Waals surface area (Å²) in [5.41, 5.74) is -0.662. The maximum Gasteiger partial charge on any atom is 0.433 e. The van der Waals surface area contributed by atoms with E-state index >= 15 is 0 Å². The molecule has 2 aromatic rings. The molecular weight excluding hydrogens is 425 g/mol. The molecule has 132 valence electrons. The molecule has 0 radical (unpaired) electrons. The molecule has 0 aliphatic carbocycles. The van der Waals surface area contributed by atoms with E-state index in [1.54, 1.807) is 18.2 Å². The molecule has 0 unspecified atom stereocenters. The Morgan fingerprint density at radius 2 is 2.00 bits per heavy atom. The van der Waals surface area contributed by atoms with Crippen LogP contribution in [-0.4, -0.2) is 35.0 Å². The van der Waals surface area contributed by atoms with Crippen LogP contribution in [0.3, 0.4) is 0 Å². The lowest BCUT2D eigenvalue weighted by Gasteiger charge is -2.38. The van der Waals surface area contributed by atoms with Crippen LogP contribution in [0.4, 0.5) is 13.2 Å². The minimum Gasteiger partial charge on any atom is -0.471 e. The molecule has 0 atom stereocenters. The summed E-state index contributed by atoms with van der Waals surface area (Å²) in [5, 5.41) is 0.331. The summed E-state index contributed by atoms with van der Waals surface area (Å²) in [6.45, 7) is 0.499. The van der Waals surface area contributed by atoms with Gasteiger partial charge in [0, 0.05) is 10.5 Å². The van der Waals surface area contributed by atoms with Crippen LogP contribution in [-0.2, 0) is 6.18 Å². The van der Waals surface area contributed by atoms with Crippen molar-refractivity contribution >= 4 is 33.4 Å². The average Bonchev–Trinajstić information content (AvgIpc) is 2.51. The number of hydrogen-bond donors (Lipinski definition) is 0. The number of pyridine rings is 1. The summed E-state index contributed by atoms with van der Waals surface area (Å²) >= 11 is 9.30. The van der Waals surface area contributed by atoms with Crippen molar-refractivity contribution in [1.29, 1.82) is 0 Å². The molecule has 1 aromatic heterocycles. The van der Waals surface area contributed by atoms with Crippen LogP contribution in [0.25, 0.3) is 0 Å². The van der Waals surface area contributed by atoms with Gasteiger partial charge in [0.2, 0.25) is 5.88 Å². The predicted octanol–water partition coefficient (Wildman–Crippen LogP) is 4.42. The normalized spacial score (nSPS) is 15.0. The number of hydrogen-bond acceptors (Lipinski definition) is 3. The van der Waals surface area contributed by atoms with Crippen LogP contribution >= 0.6 is 27.5 Å². The van der Waals surface area contributed by atoms with Crippen molar-refractivity contribution in [1.82, 2.24) is 9.88 Å². The molecule has 2 heterocycles. The fraction of sp³-hybridized carbons (Fsp3) is 0.250. The quantitative estimate of drug-likeness (QED) is 0.717. The van der Waals surface area contributed by atoms with Gasteiger partial charge in [0.05, 0.1) is 23.7 Å². The molecule has 0 saturated carbocycles. The van der Waals surface area contributed by atoms with Crippen molar-refractivity contribution in [3.63, 3.8) is 0 Å². The van der Waals surface area contributed by atoms with Gasteiger partial charge in [0.1, 0.15) is 11.8 Å². The number of aromatic nitrogens is 1. The number of amides is 1. The molecule has 1 aliphatic rings. The van der Waals surface area contributed by atoms with E-state index in [-0.39, 0.29) is 24.9 Å². The fourth-order valence-corrected chi connectivity index (χ4v) is 2.88. The molecule has 1 amide bonds. The minimum atomic E-state index is -4.53. The molecule has 3 rings (SSSR count). The maximum absolute atomic E-state index is 12.6. The molecule has 0 N–H and O–H groups in total. The smallest absolute Gasteiger partial charge is 0.433 e. The van der Waals surface area contributed by atoms with Gasteiger partial charge < -0.3 is 9.64 Å². The van der Waals surface area contributed by atoms with Gasteiger partial charge in [-0.25, -0.2) is 4.98 Å². The van der Waals surface area contributed by atoms with Crippen molar-refractivity contribution in [3.05, 3.63) is 57.2 Å². The molecular formula is C16H11BrClF3N2O2. The minimum absolute atomic E-state index is 0.118. The number of nitrogens with zero attached hydrogens (tertiary/aromatic N) is 2. The first-order valence-corrected chi connectivity index (χ1v) is 8.36. The first-order chi connectivity index (χ1) is 11.7. The highest BCUT2D eigenvalue weighted by atomic mass is 79.9. The number of carbonyl (C=O) groups excluding carboxylic acids is 1. The number of benzene rings is 1. The van der Waals surface area contributed by atoms with Crippen molar-refractivity contribution in [2.45, 2.75) is 12.3 Å². The van der Waals surface area contributed by atoms with Crippen molar-refractivity contribution in [3.8, 4) is 5.88 Å². The summed E-state index contributed by atoms with van der Waals surface area (Å²) in [4.78, 5) is 17.3. The second-order valence-electron chi connectivity index (χ2n) is 5.43. The lowest BCUT2D eigenvalue weighted by Crippen LogP contribution is -2.56. The van der Waals surface area contributed by atoms with E-state index in [1.807, 2.05) is 0 Å². The zero-order chi connectivity index (χ0) is 18.2. The van der Waals surface area contributed by atoms with Gasteiger partial charge in [-0.1, -0.05) is 33.6 Å². The second-order valence-corrected chi connectivity index (χ2v) is 6.76. The van der Waals surface area contributed by atoms with Crippen LogP contribution in [0.15, 0.2) is 40.9 Å². The molecule has 25 heavy (non-hydrogen) atoms. The molecule has 0 spiro atoms. The van der Waals surface area contributed by atoms with E-state index in [1.165, 1.54) is 17.0 Å². The predicted molar refractivity (Wildman–Crippen MR) is 88.7 cm³/mol. The van der Waals surface area contributed by atoms with Gasteiger partial charge in [-0.15, -0.1) is 0 Å². The highest BCUT2D eigenvalue weighted by Crippen LogP contribution is 2.29. The van der Waals surface area contributed by atoms with Crippen molar-refractivity contribution in [2.75, 3.05) is 13.1 Å². The Balaban J connectivity index is 1.61. The number of alkyl halides is 3. The Labute approximate surface area is 154 Å². The van der Waals surface area contributed by atoms with Gasteiger partial charge >= 0.3 is 6.18 Å². The fourth-order valence-electron chi connectivity index (χ4n) is 2.32. The molecule has 1 saturated heterocycles. The Morgan fingerprint density at radius 1 is 1.28 bits per heavy atom. The van der Waals surface area contributed by atoms with E-state index in [2.05, 4.69) is 20.9 Å². The highest BCUT2D eigenvalue weighted by Gasteiger charge is 2.35. The molecule has 4 nitrogen and oxygen atoms in total. The number of rotatable bonds is 3.